The largest absolute Gasteiger partial charge is 0.256 e. The Hall–Kier alpha value is -2.05. The molecule has 2 aromatic rings. The lowest BCUT2D eigenvalue weighted by Crippen LogP contribution is -2.11. The first-order chi connectivity index (χ1) is 8.95. The Bertz CT molecular complexity index is 692. The van der Waals surface area contributed by atoms with Gasteiger partial charge < -0.3 is 0 Å². The third-order valence-corrected chi connectivity index (χ3v) is 3.33. The van der Waals surface area contributed by atoms with Crippen molar-refractivity contribution in [3.05, 3.63) is 59.9 Å². The van der Waals surface area contributed by atoms with Gasteiger partial charge in [0.25, 0.3) is 0 Å². The number of hydrogen-bond acceptors (Lipinski definition) is 3. The van der Waals surface area contributed by atoms with E-state index >= 15 is 0 Å². The zero-order chi connectivity index (χ0) is 13.9. The summed E-state index contributed by atoms with van der Waals surface area (Å²) in [7, 11) is -3.68. The first-order valence-electron chi connectivity index (χ1n) is 5.38. The molecule has 0 saturated heterocycles. The molecule has 0 aliphatic carbocycles. The van der Waals surface area contributed by atoms with Crippen LogP contribution in [-0.4, -0.2) is 14.6 Å². The molecule has 4 nitrogen and oxygen atoms in total. The number of sulfonamides is 1. The van der Waals surface area contributed by atoms with Crippen LogP contribution in [0.1, 0.15) is 5.56 Å². The predicted octanol–water partition coefficient (Wildman–Crippen LogP) is 2.22. The number of rotatable bonds is 3. The van der Waals surface area contributed by atoms with Crippen molar-refractivity contribution in [1.29, 1.82) is 0 Å². The molecule has 0 amide bonds. The van der Waals surface area contributed by atoms with Gasteiger partial charge in [0.1, 0.15) is 5.82 Å². The van der Waals surface area contributed by atoms with Crippen LogP contribution in [-0.2, 0) is 10.0 Å². The van der Waals surface area contributed by atoms with E-state index in [0.717, 1.165) is 5.56 Å². The van der Waals surface area contributed by atoms with Gasteiger partial charge >= 0.3 is 0 Å². The van der Waals surface area contributed by atoms with Gasteiger partial charge in [0.2, 0.25) is 10.0 Å². The van der Waals surface area contributed by atoms with Crippen molar-refractivity contribution in [2.24, 2.45) is 10.1 Å². The predicted molar refractivity (Wildman–Crippen MR) is 71.5 cm³/mol. The van der Waals surface area contributed by atoms with E-state index in [1.54, 1.807) is 30.5 Å². The van der Waals surface area contributed by atoms with Crippen molar-refractivity contribution < 1.29 is 12.8 Å². The highest BCUT2D eigenvalue weighted by molar-refractivity contribution is 7.89. The Labute approximate surface area is 110 Å². The van der Waals surface area contributed by atoms with Crippen molar-refractivity contribution in [3.8, 4) is 0 Å². The van der Waals surface area contributed by atoms with Gasteiger partial charge in [-0.1, -0.05) is 12.1 Å². The summed E-state index contributed by atoms with van der Waals surface area (Å²) >= 11 is 0. The highest BCUT2D eigenvalue weighted by atomic mass is 32.2. The molecule has 0 atom stereocenters. The van der Waals surface area contributed by atoms with Crippen molar-refractivity contribution in [2.45, 2.75) is 4.90 Å². The molecule has 6 heteroatoms. The molecule has 0 fully saturated rings. The lowest BCUT2D eigenvalue weighted by molar-refractivity contribution is 0.598. The summed E-state index contributed by atoms with van der Waals surface area (Å²) in [6, 6.07) is 11.7. The van der Waals surface area contributed by atoms with Crippen LogP contribution in [0.3, 0.4) is 0 Å². The average Bonchev–Trinajstić information content (AvgIpc) is 2.37. The first kappa shape index (κ1) is 13.4. The fraction of sp³-hybridized carbons (Fsp3) is 0. The summed E-state index contributed by atoms with van der Waals surface area (Å²) in [5.74, 6) is -0.311. The van der Waals surface area contributed by atoms with E-state index in [1.807, 2.05) is 0 Å². The fourth-order valence-corrected chi connectivity index (χ4v) is 1.94. The summed E-state index contributed by atoms with van der Waals surface area (Å²) in [5, 5.41) is 4.98. The number of primary sulfonamides is 1. The molecule has 2 aromatic carbocycles. The van der Waals surface area contributed by atoms with E-state index in [2.05, 4.69) is 4.99 Å². The molecule has 0 radical (unpaired) electrons. The van der Waals surface area contributed by atoms with E-state index in [9.17, 15) is 12.8 Å². The number of nitrogens with zero attached hydrogens (tertiary/aromatic N) is 1. The maximum Gasteiger partial charge on any atom is 0.238 e. The zero-order valence-corrected chi connectivity index (χ0v) is 10.6. The van der Waals surface area contributed by atoms with Crippen LogP contribution in [0.5, 0.6) is 0 Å². The standard InChI is InChI=1S/C13H11FN2O2S/c14-11-3-1-10(2-4-11)9-16-12-5-7-13(8-6-12)19(15,17)18/h1-9H,(H2,15,17,18). The second-order valence-electron chi connectivity index (χ2n) is 3.85. The minimum Gasteiger partial charge on any atom is -0.256 e. The van der Waals surface area contributed by atoms with E-state index in [1.165, 1.54) is 24.3 Å². The Balaban J connectivity index is 2.18. The van der Waals surface area contributed by atoms with E-state index in [4.69, 9.17) is 5.14 Å². The quantitative estimate of drug-likeness (QED) is 0.874. The van der Waals surface area contributed by atoms with Crippen LogP contribution in [0.2, 0.25) is 0 Å². The van der Waals surface area contributed by atoms with Crippen LogP contribution in [0, 0.1) is 5.82 Å². The molecular weight excluding hydrogens is 267 g/mol. The molecule has 0 heterocycles. The third kappa shape index (κ3) is 3.70. The van der Waals surface area contributed by atoms with Gasteiger partial charge in [0, 0.05) is 6.21 Å². The van der Waals surface area contributed by atoms with Crippen LogP contribution < -0.4 is 5.14 Å². The number of aliphatic imine (C=N–C) groups is 1. The lowest BCUT2D eigenvalue weighted by atomic mass is 10.2. The van der Waals surface area contributed by atoms with Crippen molar-refractivity contribution in [1.82, 2.24) is 0 Å². The van der Waals surface area contributed by atoms with E-state index in [0.29, 0.717) is 5.69 Å². The van der Waals surface area contributed by atoms with E-state index in [-0.39, 0.29) is 10.7 Å². The first-order valence-corrected chi connectivity index (χ1v) is 6.92. The Morgan fingerprint density at radius 3 is 2.11 bits per heavy atom. The number of halogens is 1. The van der Waals surface area contributed by atoms with Crippen LogP contribution in [0.15, 0.2) is 58.4 Å². The molecule has 0 aromatic heterocycles. The van der Waals surface area contributed by atoms with Gasteiger partial charge in [-0.15, -0.1) is 0 Å². The minimum atomic E-state index is -3.68. The van der Waals surface area contributed by atoms with Crippen molar-refractivity contribution >= 4 is 21.9 Å². The molecule has 0 aliphatic heterocycles. The molecule has 2 rings (SSSR count). The lowest BCUT2D eigenvalue weighted by Gasteiger charge is -1.98. The molecule has 0 aliphatic rings. The molecule has 0 spiro atoms. The normalized spacial score (nSPS) is 11.9. The van der Waals surface area contributed by atoms with E-state index < -0.39 is 10.0 Å². The maximum absolute atomic E-state index is 12.7. The second-order valence-corrected chi connectivity index (χ2v) is 5.41. The second kappa shape index (κ2) is 5.29. The zero-order valence-electron chi connectivity index (χ0n) is 9.82. The smallest absolute Gasteiger partial charge is 0.238 e. The summed E-state index contributed by atoms with van der Waals surface area (Å²) in [4.78, 5) is 4.18. The molecule has 2 N–H and O–H groups in total. The highest BCUT2D eigenvalue weighted by Crippen LogP contribution is 2.15. The summed E-state index contributed by atoms with van der Waals surface area (Å²) < 4.78 is 34.8. The molecule has 0 saturated carbocycles. The summed E-state index contributed by atoms with van der Waals surface area (Å²) in [6.45, 7) is 0. The van der Waals surface area contributed by atoms with Gasteiger partial charge in [0.05, 0.1) is 10.6 Å². The monoisotopic (exact) mass is 278 g/mol. The number of nitrogens with two attached hydrogens (primary N) is 1. The summed E-state index contributed by atoms with van der Waals surface area (Å²) in [5.41, 5.74) is 1.33. The average molecular weight is 278 g/mol. The molecule has 98 valence electrons. The van der Waals surface area contributed by atoms with Crippen molar-refractivity contribution in [3.63, 3.8) is 0 Å². The topological polar surface area (TPSA) is 72.5 Å². The Kier molecular flexibility index (Phi) is 3.73. The highest BCUT2D eigenvalue weighted by Gasteiger charge is 2.05. The minimum absolute atomic E-state index is 0.0354. The number of hydrogen-bond donors (Lipinski definition) is 1. The van der Waals surface area contributed by atoms with Gasteiger partial charge in [0.15, 0.2) is 0 Å². The SMILES string of the molecule is NS(=O)(=O)c1ccc(N=Cc2ccc(F)cc2)cc1. The fourth-order valence-electron chi connectivity index (χ4n) is 1.42. The Morgan fingerprint density at radius 1 is 1.00 bits per heavy atom. The molecule has 0 bridgehead atoms. The maximum atomic E-state index is 12.7. The molecule has 19 heavy (non-hydrogen) atoms. The summed E-state index contributed by atoms with van der Waals surface area (Å²) in [6.07, 6.45) is 1.56. The number of benzene rings is 2. The van der Waals surface area contributed by atoms with Crippen molar-refractivity contribution in [2.75, 3.05) is 0 Å². The van der Waals surface area contributed by atoms with Gasteiger partial charge in [-0.25, -0.2) is 17.9 Å². The molecular formula is C13H11FN2O2S. The van der Waals surface area contributed by atoms with Crippen LogP contribution in [0.25, 0.3) is 0 Å². The Morgan fingerprint density at radius 2 is 1.58 bits per heavy atom. The van der Waals surface area contributed by atoms with Crippen LogP contribution >= 0.6 is 0 Å². The van der Waals surface area contributed by atoms with Gasteiger partial charge in [-0.3, -0.25) is 4.99 Å². The van der Waals surface area contributed by atoms with Gasteiger partial charge in [-0.05, 0) is 42.0 Å². The van der Waals surface area contributed by atoms with Gasteiger partial charge in [-0.2, -0.15) is 0 Å². The molecule has 0 unspecified atom stereocenters. The van der Waals surface area contributed by atoms with Crippen LogP contribution in [0.4, 0.5) is 10.1 Å². The third-order valence-electron chi connectivity index (χ3n) is 2.40.